The normalized spacial score (nSPS) is 10.6. The van der Waals surface area contributed by atoms with Crippen molar-refractivity contribution in [3.63, 3.8) is 0 Å². The summed E-state index contributed by atoms with van der Waals surface area (Å²) in [5, 5.41) is 0. The Hall–Kier alpha value is -1.64. The van der Waals surface area contributed by atoms with Crippen LogP contribution in [0.1, 0.15) is 11.1 Å². The number of benzene rings is 2. The molecule has 0 atom stereocenters. The maximum atomic E-state index is 5.54. The fourth-order valence-electron chi connectivity index (χ4n) is 1.77. The van der Waals surface area contributed by atoms with Gasteiger partial charge in [0.1, 0.15) is 0 Å². The lowest BCUT2D eigenvalue weighted by atomic mass is 10.2. The lowest BCUT2D eigenvalue weighted by Gasteiger charge is -2.05. The Kier molecular flexibility index (Phi) is 6.86. The van der Waals surface area contributed by atoms with Crippen LogP contribution in [0.2, 0.25) is 0 Å². The Morgan fingerprint density at radius 2 is 1.00 bits per heavy atom. The van der Waals surface area contributed by atoms with Gasteiger partial charge in [-0.25, -0.2) is 0 Å². The van der Waals surface area contributed by atoms with Crippen LogP contribution in [-0.4, -0.2) is 13.2 Å². The largest absolute Gasteiger partial charge is 0.376 e. The van der Waals surface area contributed by atoms with Crippen LogP contribution in [0.5, 0.6) is 0 Å². The molecule has 2 heteroatoms. The number of ether oxygens (including phenoxy) is 2. The molecule has 2 radical (unpaired) electrons. The molecule has 0 aromatic heterocycles. The van der Waals surface area contributed by atoms with E-state index in [0.717, 1.165) is 0 Å². The van der Waals surface area contributed by atoms with Crippen LogP contribution in [0.25, 0.3) is 0 Å². The van der Waals surface area contributed by atoms with Crippen molar-refractivity contribution >= 4 is 0 Å². The predicted molar refractivity (Wildman–Crippen MR) is 80.8 cm³/mol. The first kappa shape index (κ1) is 14.8. The zero-order valence-electron chi connectivity index (χ0n) is 11.6. The van der Waals surface area contributed by atoms with Gasteiger partial charge in [-0.15, -0.1) is 0 Å². The minimum absolute atomic E-state index is 0.615. The van der Waals surface area contributed by atoms with Crippen molar-refractivity contribution < 1.29 is 9.47 Å². The Morgan fingerprint density at radius 3 is 1.40 bits per heavy atom. The van der Waals surface area contributed by atoms with E-state index in [2.05, 4.69) is 24.3 Å². The summed E-state index contributed by atoms with van der Waals surface area (Å²) in [5.74, 6) is 0. The van der Waals surface area contributed by atoms with Crippen LogP contribution >= 0.6 is 0 Å². The summed E-state index contributed by atoms with van der Waals surface area (Å²) in [7, 11) is 0. The zero-order chi connectivity index (χ0) is 13.9. The second-order valence-corrected chi connectivity index (χ2v) is 4.47. The fourth-order valence-corrected chi connectivity index (χ4v) is 1.77. The van der Waals surface area contributed by atoms with E-state index < -0.39 is 0 Å². The van der Waals surface area contributed by atoms with Crippen LogP contribution < -0.4 is 0 Å². The standard InChI is InChI=1S/C18H20O2/c1-3-9-17(10-4-1)15-19-13-7-8-14-20-16-18-11-5-2-6-12-18/h1-12H,13-16H2. The molecule has 0 amide bonds. The molecule has 0 N–H and O–H groups in total. The summed E-state index contributed by atoms with van der Waals surface area (Å²) in [4.78, 5) is 0. The summed E-state index contributed by atoms with van der Waals surface area (Å²) >= 11 is 0. The summed E-state index contributed by atoms with van der Waals surface area (Å²) in [6.45, 7) is 2.53. The zero-order valence-corrected chi connectivity index (χ0v) is 11.6. The number of rotatable bonds is 9. The van der Waals surface area contributed by atoms with Gasteiger partial charge in [-0.3, -0.25) is 0 Å². The molecule has 104 valence electrons. The molecular formula is C18H20O2. The van der Waals surface area contributed by atoms with E-state index in [1.54, 1.807) is 0 Å². The molecule has 0 aliphatic heterocycles. The van der Waals surface area contributed by atoms with Crippen molar-refractivity contribution in [1.29, 1.82) is 0 Å². The first-order valence-electron chi connectivity index (χ1n) is 6.83. The molecule has 2 aromatic carbocycles. The van der Waals surface area contributed by atoms with Gasteiger partial charge in [0.2, 0.25) is 0 Å². The highest BCUT2D eigenvalue weighted by Gasteiger charge is 1.95. The van der Waals surface area contributed by atoms with Gasteiger partial charge in [-0.2, -0.15) is 0 Å². The average Bonchev–Trinajstić information content (AvgIpc) is 2.52. The molecule has 0 spiro atoms. The van der Waals surface area contributed by atoms with E-state index >= 15 is 0 Å². The van der Waals surface area contributed by atoms with Crippen molar-refractivity contribution in [2.24, 2.45) is 0 Å². The number of hydrogen-bond acceptors (Lipinski definition) is 2. The number of hydrogen-bond donors (Lipinski definition) is 0. The van der Waals surface area contributed by atoms with Gasteiger partial charge in [0.25, 0.3) is 0 Å². The van der Waals surface area contributed by atoms with Crippen molar-refractivity contribution in [3.05, 3.63) is 84.6 Å². The Bertz CT molecular complexity index is 408. The molecule has 0 aliphatic rings. The number of unbranched alkanes of at least 4 members (excludes halogenated alkanes) is 1. The van der Waals surface area contributed by atoms with Crippen molar-refractivity contribution in [2.45, 2.75) is 13.2 Å². The van der Waals surface area contributed by atoms with E-state index in [0.29, 0.717) is 26.4 Å². The van der Waals surface area contributed by atoms with Gasteiger partial charge in [0, 0.05) is 0 Å². The molecule has 0 unspecified atom stereocenters. The summed E-state index contributed by atoms with van der Waals surface area (Å²) in [6.07, 6.45) is 3.99. The maximum absolute atomic E-state index is 5.54. The second kappa shape index (κ2) is 9.29. The third-order valence-electron chi connectivity index (χ3n) is 2.82. The van der Waals surface area contributed by atoms with E-state index in [1.165, 1.54) is 11.1 Å². The van der Waals surface area contributed by atoms with Crippen molar-refractivity contribution in [1.82, 2.24) is 0 Å². The van der Waals surface area contributed by atoms with Crippen molar-refractivity contribution in [2.75, 3.05) is 13.2 Å². The highest BCUT2D eigenvalue weighted by Crippen LogP contribution is 2.02. The first-order valence-corrected chi connectivity index (χ1v) is 6.83. The third kappa shape index (κ3) is 6.00. The minimum Gasteiger partial charge on any atom is -0.376 e. The van der Waals surface area contributed by atoms with Gasteiger partial charge in [-0.1, -0.05) is 60.7 Å². The molecule has 0 fully saturated rings. The Morgan fingerprint density at radius 1 is 0.600 bits per heavy atom. The molecule has 0 heterocycles. The van der Waals surface area contributed by atoms with Gasteiger partial charge in [0.15, 0.2) is 0 Å². The minimum atomic E-state index is 0.615. The Labute approximate surface area is 121 Å². The average molecular weight is 268 g/mol. The summed E-state index contributed by atoms with van der Waals surface area (Å²) in [5.41, 5.74) is 2.39. The highest BCUT2D eigenvalue weighted by atomic mass is 16.5. The van der Waals surface area contributed by atoms with E-state index in [-0.39, 0.29) is 0 Å². The summed E-state index contributed by atoms with van der Waals surface area (Å²) < 4.78 is 11.1. The molecule has 0 aliphatic carbocycles. The highest BCUT2D eigenvalue weighted by molar-refractivity contribution is 5.14. The molecule has 0 bridgehead atoms. The van der Waals surface area contributed by atoms with Gasteiger partial charge in [0.05, 0.1) is 26.4 Å². The topological polar surface area (TPSA) is 18.5 Å². The van der Waals surface area contributed by atoms with Crippen molar-refractivity contribution in [3.8, 4) is 0 Å². The molecular weight excluding hydrogens is 248 g/mol. The molecule has 2 aromatic rings. The fraction of sp³-hybridized carbons (Fsp3) is 0.222. The predicted octanol–water partition coefficient (Wildman–Crippen LogP) is 3.83. The van der Waals surface area contributed by atoms with Crippen LogP contribution in [0.15, 0.2) is 60.7 Å². The first-order chi connectivity index (χ1) is 9.95. The second-order valence-electron chi connectivity index (χ2n) is 4.47. The molecule has 2 rings (SSSR count). The Balaban J connectivity index is 1.44. The lowest BCUT2D eigenvalue weighted by molar-refractivity contribution is 0.127. The molecule has 0 saturated carbocycles. The summed E-state index contributed by atoms with van der Waals surface area (Å²) in [6, 6.07) is 20.3. The third-order valence-corrected chi connectivity index (χ3v) is 2.82. The quantitative estimate of drug-likeness (QED) is 0.643. The van der Waals surface area contributed by atoms with Gasteiger partial charge >= 0.3 is 0 Å². The van der Waals surface area contributed by atoms with Crippen LogP contribution in [0.3, 0.4) is 0 Å². The van der Waals surface area contributed by atoms with Crippen LogP contribution in [0, 0.1) is 12.8 Å². The van der Waals surface area contributed by atoms with E-state index in [4.69, 9.17) is 9.47 Å². The molecule has 2 nitrogen and oxygen atoms in total. The monoisotopic (exact) mass is 268 g/mol. The van der Waals surface area contributed by atoms with Gasteiger partial charge in [-0.05, 0) is 24.0 Å². The smallest absolute Gasteiger partial charge is 0.0717 e. The lowest BCUT2D eigenvalue weighted by Crippen LogP contribution is -2.01. The van der Waals surface area contributed by atoms with Gasteiger partial charge < -0.3 is 9.47 Å². The van der Waals surface area contributed by atoms with E-state index in [9.17, 15) is 0 Å². The maximum Gasteiger partial charge on any atom is 0.0717 e. The SMILES string of the molecule is [CH]([CH]COCc1ccccc1)COCc1ccccc1. The van der Waals surface area contributed by atoms with Crippen LogP contribution in [0.4, 0.5) is 0 Å². The molecule has 0 saturated heterocycles. The van der Waals surface area contributed by atoms with E-state index in [1.807, 2.05) is 49.2 Å². The van der Waals surface area contributed by atoms with Crippen LogP contribution in [-0.2, 0) is 22.7 Å². The molecule has 20 heavy (non-hydrogen) atoms.